The van der Waals surface area contributed by atoms with Gasteiger partial charge in [-0.05, 0) is 25.5 Å². The predicted molar refractivity (Wildman–Crippen MR) is 75.8 cm³/mol. The summed E-state index contributed by atoms with van der Waals surface area (Å²) >= 11 is 0. The maximum atomic E-state index is 5.76. The lowest BCUT2D eigenvalue weighted by molar-refractivity contribution is 0.897. The Morgan fingerprint density at radius 3 is 2.84 bits per heavy atom. The van der Waals surface area contributed by atoms with E-state index in [9.17, 15) is 0 Å². The second-order valence-electron chi connectivity index (χ2n) is 4.71. The lowest BCUT2D eigenvalue weighted by Crippen LogP contribution is -2.02. The summed E-state index contributed by atoms with van der Waals surface area (Å²) < 4.78 is 1.95. The molecule has 4 heteroatoms. The van der Waals surface area contributed by atoms with E-state index in [2.05, 4.69) is 42.0 Å². The molecule has 0 bridgehead atoms. The molecule has 2 N–H and O–H groups in total. The van der Waals surface area contributed by atoms with Crippen LogP contribution in [-0.4, -0.2) is 14.4 Å². The molecule has 0 aliphatic rings. The lowest BCUT2D eigenvalue weighted by atomic mass is 10.0. The van der Waals surface area contributed by atoms with E-state index in [1.165, 1.54) is 11.1 Å². The van der Waals surface area contributed by atoms with Crippen LogP contribution in [0.15, 0.2) is 36.7 Å². The van der Waals surface area contributed by atoms with E-state index in [-0.39, 0.29) is 0 Å². The number of rotatable bonds is 2. The van der Waals surface area contributed by atoms with E-state index in [0.717, 1.165) is 22.7 Å². The summed E-state index contributed by atoms with van der Waals surface area (Å²) in [4.78, 5) is 9.08. The summed E-state index contributed by atoms with van der Waals surface area (Å²) in [7, 11) is 0. The summed E-state index contributed by atoms with van der Waals surface area (Å²) in [6.45, 7) is 4.59. The zero-order valence-electron chi connectivity index (χ0n) is 11.1. The van der Waals surface area contributed by atoms with Gasteiger partial charge in [-0.25, -0.2) is 9.97 Å². The zero-order valence-corrected chi connectivity index (χ0v) is 11.1. The molecule has 2 heterocycles. The predicted octanol–water partition coefficient (Wildman–Crippen LogP) is 2.47. The number of benzene rings is 1. The van der Waals surface area contributed by atoms with Crippen molar-refractivity contribution in [1.82, 2.24) is 14.4 Å². The molecule has 0 radical (unpaired) electrons. The Labute approximate surface area is 111 Å². The van der Waals surface area contributed by atoms with Crippen molar-refractivity contribution in [1.29, 1.82) is 0 Å². The SMILES string of the molecule is Cc1ccc(-c2nc(CN)n3cccnc23)c(C)c1. The molecule has 0 atom stereocenters. The average Bonchev–Trinajstić information content (AvgIpc) is 2.78. The number of hydrogen-bond donors (Lipinski definition) is 1. The van der Waals surface area contributed by atoms with Gasteiger partial charge in [0.15, 0.2) is 5.65 Å². The molecule has 0 fully saturated rings. The average molecular weight is 252 g/mol. The van der Waals surface area contributed by atoms with Gasteiger partial charge in [-0.3, -0.25) is 4.40 Å². The second kappa shape index (κ2) is 4.48. The van der Waals surface area contributed by atoms with E-state index in [4.69, 9.17) is 5.73 Å². The number of aryl methyl sites for hydroxylation is 2. The summed E-state index contributed by atoms with van der Waals surface area (Å²) in [6, 6.07) is 8.24. The van der Waals surface area contributed by atoms with Gasteiger partial charge in [0.25, 0.3) is 0 Å². The molecule has 1 aromatic carbocycles. The van der Waals surface area contributed by atoms with Crippen LogP contribution in [0.5, 0.6) is 0 Å². The molecule has 0 aliphatic heterocycles. The van der Waals surface area contributed by atoms with Crippen molar-refractivity contribution in [2.75, 3.05) is 0 Å². The molecule has 19 heavy (non-hydrogen) atoms. The van der Waals surface area contributed by atoms with Crippen LogP contribution >= 0.6 is 0 Å². The molecule has 0 saturated carbocycles. The molecule has 0 spiro atoms. The van der Waals surface area contributed by atoms with Crippen LogP contribution in [0, 0.1) is 13.8 Å². The minimum absolute atomic E-state index is 0.401. The van der Waals surface area contributed by atoms with Crippen LogP contribution in [0.1, 0.15) is 17.0 Å². The number of aromatic nitrogens is 3. The van der Waals surface area contributed by atoms with Gasteiger partial charge in [-0.1, -0.05) is 23.8 Å². The maximum Gasteiger partial charge on any atom is 0.164 e. The van der Waals surface area contributed by atoms with Crippen LogP contribution in [0.3, 0.4) is 0 Å². The topological polar surface area (TPSA) is 56.2 Å². The molecule has 3 aromatic rings. The van der Waals surface area contributed by atoms with Crippen molar-refractivity contribution >= 4 is 5.65 Å². The molecular formula is C15H16N4. The Kier molecular flexibility index (Phi) is 2.80. The van der Waals surface area contributed by atoms with E-state index < -0.39 is 0 Å². The first-order chi connectivity index (χ1) is 9.20. The van der Waals surface area contributed by atoms with Gasteiger partial charge in [0.05, 0.1) is 6.54 Å². The summed E-state index contributed by atoms with van der Waals surface area (Å²) in [6.07, 6.45) is 3.73. The van der Waals surface area contributed by atoms with Gasteiger partial charge in [0.1, 0.15) is 11.5 Å². The van der Waals surface area contributed by atoms with Gasteiger partial charge in [0, 0.05) is 18.0 Å². The molecule has 0 saturated heterocycles. The molecule has 2 aromatic heterocycles. The molecule has 3 rings (SSSR count). The minimum atomic E-state index is 0.401. The normalized spacial score (nSPS) is 11.1. The number of nitrogens with zero attached hydrogens (tertiary/aromatic N) is 3. The van der Waals surface area contributed by atoms with Crippen LogP contribution in [0.2, 0.25) is 0 Å². The minimum Gasteiger partial charge on any atom is -0.324 e. The monoisotopic (exact) mass is 252 g/mol. The molecule has 4 nitrogen and oxygen atoms in total. The van der Waals surface area contributed by atoms with Crippen molar-refractivity contribution in [3.8, 4) is 11.3 Å². The fourth-order valence-electron chi connectivity index (χ4n) is 2.39. The third-order valence-electron chi connectivity index (χ3n) is 3.30. The van der Waals surface area contributed by atoms with Gasteiger partial charge < -0.3 is 5.73 Å². The second-order valence-corrected chi connectivity index (χ2v) is 4.71. The zero-order chi connectivity index (χ0) is 13.4. The lowest BCUT2D eigenvalue weighted by Gasteiger charge is -2.04. The molecule has 0 aliphatic carbocycles. The molecule has 0 amide bonds. The van der Waals surface area contributed by atoms with Crippen molar-refractivity contribution in [3.63, 3.8) is 0 Å². The number of nitrogens with two attached hydrogens (primary N) is 1. The fraction of sp³-hybridized carbons (Fsp3) is 0.200. The third kappa shape index (κ3) is 1.90. The quantitative estimate of drug-likeness (QED) is 0.762. The number of fused-ring (bicyclic) bond motifs is 1. The Morgan fingerprint density at radius 1 is 1.26 bits per heavy atom. The van der Waals surface area contributed by atoms with Crippen LogP contribution < -0.4 is 5.73 Å². The summed E-state index contributed by atoms with van der Waals surface area (Å²) in [5.74, 6) is 0.832. The fourth-order valence-corrected chi connectivity index (χ4v) is 2.39. The van der Waals surface area contributed by atoms with Crippen LogP contribution in [-0.2, 0) is 6.54 Å². The highest BCUT2D eigenvalue weighted by molar-refractivity contribution is 5.77. The van der Waals surface area contributed by atoms with E-state index in [1.807, 2.05) is 16.7 Å². The molecule has 0 unspecified atom stereocenters. The Bertz CT molecular complexity index is 743. The number of hydrogen-bond acceptors (Lipinski definition) is 3. The summed E-state index contributed by atoms with van der Waals surface area (Å²) in [5, 5.41) is 0. The third-order valence-corrected chi connectivity index (χ3v) is 3.30. The summed E-state index contributed by atoms with van der Waals surface area (Å²) in [5.41, 5.74) is 11.1. The highest BCUT2D eigenvalue weighted by Gasteiger charge is 2.14. The van der Waals surface area contributed by atoms with Crippen LogP contribution in [0.4, 0.5) is 0 Å². The molecular weight excluding hydrogens is 236 g/mol. The van der Waals surface area contributed by atoms with Crippen molar-refractivity contribution in [2.24, 2.45) is 5.73 Å². The van der Waals surface area contributed by atoms with Gasteiger partial charge >= 0.3 is 0 Å². The van der Waals surface area contributed by atoms with Crippen molar-refractivity contribution in [3.05, 3.63) is 53.6 Å². The van der Waals surface area contributed by atoms with E-state index in [1.54, 1.807) is 6.20 Å². The largest absolute Gasteiger partial charge is 0.324 e. The van der Waals surface area contributed by atoms with Crippen LogP contribution in [0.25, 0.3) is 16.9 Å². The van der Waals surface area contributed by atoms with Crippen molar-refractivity contribution in [2.45, 2.75) is 20.4 Å². The Hall–Kier alpha value is -2.20. The Balaban J connectivity index is 2.30. The standard InChI is InChI=1S/C15H16N4/c1-10-4-5-12(11(2)8-10)14-15-17-6-3-7-19(15)13(9-16)18-14/h3-8H,9,16H2,1-2H3. The van der Waals surface area contributed by atoms with Gasteiger partial charge in [-0.15, -0.1) is 0 Å². The van der Waals surface area contributed by atoms with Gasteiger partial charge in [0.2, 0.25) is 0 Å². The number of imidazole rings is 1. The Morgan fingerprint density at radius 2 is 2.11 bits per heavy atom. The van der Waals surface area contributed by atoms with E-state index >= 15 is 0 Å². The van der Waals surface area contributed by atoms with Gasteiger partial charge in [-0.2, -0.15) is 0 Å². The van der Waals surface area contributed by atoms with E-state index in [0.29, 0.717) is 6.54 Å². The first-order valence-corrected chi connectivity index (χ1v) is 6.30. The maximum absolute atomic E-state index is 5.76. The smallest absolute Gasteiger partial charge is 0.164 e. The van der Waals surface area contributed by atoms with Crippen molar-refractivity contribution < 1.29 is 0 Å². The highest BCUT2D eigenvalue weighted by Crippen LogP contribution is 2.27. The first-order valence-electron chi connectivity index (χ1n) is 6.30. The highest BCUT2D eigenvalue weighted by atomic mass is 15.1. The molecule has 96 valence electrons. The first kappa shape index (κ1) is 11.9.